The molecule has 1 aromatic carbocycles. The van der Waals surface area contributed by atoms with Crippen LogP contribution in [0, 0.1) is 17.8 Å². The molecule has 0 radical (unpaired) electrons. The number of aromatic nitrogens is 3. The van der Waals surface area contributed by atoms with Crippen molar-refractivity contribution in [3.05, 3.63) is 63.6 Å². The Morgan fingerprint density at radius 3 is 2.60 bits per heavy atom. The lowest BCUT2D eigenvalue weighted by Crippen LogP contribution is -2.40. The molecule has 10 heteroatoms. The van der Waals surface area contributed by atoms with Crippen LogP contribution in [0.1, 0.15) is 58.2 Å². The van der Waals surface area contributed by atoms with Gasteiger partial charge in [0.25, 0.3) is 0 Å². The van der Waals surface area contributed by atoms with Crippen molar-refractivity contribution >= 4 is 40.8 Å². The van der Waals surface area contributed by atoms with Crippen LogP contribution in [0.3, 0.4) is 0 Å². The first kappa shape index (κ1) is 31.2. The molecule has 1 aliphatic rings. The van der Waals surface area contributed by atoms with E-state index in [0.717, 1.165) is 28.8 Å². The van der Waals surface area contributed by atoms with Crippen molar-refractivity contribution in [2.75, 3.05) is 19.4 Å². The van der Waals surface area contributed by atoms with Crippen LogP contribution in [0.5, 0.6) is 0 Å². The van der Waals surface area contributed by atoms with Crippen molar-refractivity contribution in [2.45, 2.75) is 72.3 Å². The third-order valence-electron chi connectivity index (χ3n) is 7.01. The largest absolute Gasteiger partial charge is 0.459 e. The molecule has 0 saturated heterocycles. The van der Waals surface area contributed by atoms with E-state index < -0.39 is 5.60 Å². The molecule has 222 valence electrons. The molecule has 3 atom stereocenters. The van der Waals surface area contributed by atoms with Crippen LogP contribution in [-0.4, -0.2) is 58.1 Å². The minimum Gasteiger partial charge on any atom is -0.459 e. The molecule has 3 aromatic rings. The number of anilines is 1. The number of methoxy groups -OCH3 is 1. The van der Waals surface area contributed by atoms with Crippen molar-refractivity contribution in [1.29, 1.82) is 0 Å². The molecule has 0 spiro atoms. The number of aliphatic imine (C=N–C) groups is 1. The molecular weight excluding hydrogens is 552 g/mol. The minimum atomic E-state index is -0.502. The lowest BCUT2D eigenvalue weighted by molar-refractivity contribution is -0.156. The molecule has 1 aliphatic heterocycles. The lowest BCUT2D eigenvalue weighted by Gasteiger charge is -2.26. The first-order chi connectivity index (χ1) is 19.9. The molecule has 4 rings (SSSR count). The zero-order chi connectivity index (χ0) is 30.6. The Bertz CT molecular complexity index is 1570. The molecule has 0 amide bonds. The van der Waals surface area contributed by atoms with Gasteiger partial charge in [-0.05, 0) is 70.9 Å². The van der Waals surface area contributed by atoms with Crippen molar-refractivity contribution in [1.82, 2.24) is 19.9 Å². The maximum atomic E-state index is 12.2. The van der Waals surface area contributed by atoms with Gasteiger partial charge in [-0.1, -0.05) is 42.5 Å². The molecule has 3 N–H and O–H groups in total. The van der Waals surface area contributed by atoms with E-state index in [1.165, 1.54) is 0 Å². The van der Waals surface area contributed by atoms with Gasteiger partial charge in [0, 0.05) is 31.0 Å². The summed E-state index contributed by atoms with van der Waals surface area (Å²) in [4.78, 5) is 25.5. The van der Waals surface area contributed by atoms with Crippen LogP contribution in [0.2, 0.25) is 5.15 Å². The third-order valence-corrected chi connectivity index (χ3v) is 7.28. The van der Waals surface area contributed by atoms with Crippen LogP contribution >= 0.6 is 11.6 Å². The maximum absolute atomic E-state index is 12.2. The topological polar surface area (TPSA) is 117 Å². The Kier molecular flexibility index (Phi) is 9.72. The monoisotopic (exact) mass is 590 g/mol. The molecule has 3 unspecified atom stereocenters. The van der Waals surface area contributed by atoms with Gasteiger partial charge in [-0.15, -0.1) is 0 Å². The number of rotatable bonds is 8. The molecule has 0 aliphatic carbocycles. The smallest absolute Gasteiger partial charge is 0.323 e. The highest BCUT2D eigenvalue weighted by Crippen LogP contribution is 2.30. The van der Waals surface area contributed by atoms with Gasteiger partial charge in [0.05, 0.1) is 29.3 Å². The second kappa shape index (κ2) is 13.1. The average molecular weight is 591 g/mol. The molecule has 0 fully saturated rings. The number of hydrogen-bond acceptors (Lipinski definition) is 8. The number of ether oxygens (including phenoxy) is 2. The van der Waals surface area contributed by atoms with Gasteiger partial charge in [-0.2, -0.15) is 4.98 Å². The summed E-state index contributed by atoms with van der Waals surface area (Å²) in [5, 5.41) is 4.13. The first-order valence-electron chi connectivity index (χ1n) is 14.0. The van der Waals surface area contributed by atoms with Gasteiger partial charge >= 0.3 is 5.97 Å². The van der Waals surface area contributed by atoms with Gasteiger partial charge in [0.15, 0.2) is 0 Å². The van der Waals surface area contributed by atoms with E-state index in [2.05, 4.69) is 39.0 Å². The second-order valence-corrected chi connectivity index (χ2v) is 11.9. The molecule has 0 saturated carbocycles. The van der Waals surface area contributed by atoms with Gasteiger partial charge in [0.2, 0.25) is 5.95 Å². The SMILES string of the molecule is COC1C(C)=C(Cn2cc(C#Cc3ccc(CCNC(C)C(=O)OC(C)(C)C)cc3)c3c(Cl)nc(N)nc32)N=CC1C. The fourth-order valence-electron chi connectivity index (χ4n) is 4.84. The van der Waals surface area contributed by atoms with E-state index in [-0.39, 0.29) is 35.1 Å². The normalized spacial score (nSPS) is 17.7. The van der Waals surface area contributed by atoms with E-state index in [9.17, 15) is 4.79 Å². The molecular formula is C32H39ClN6O3. The van der Waals surface area contributed by atoms with Crippen molar-refractivity contribution in [3.8, 4) is 11.8 Å². The number of nitrogen functional groups attached to an aromatic ring is 1. The van der Waals surface area contributed by atoms with E-state index in [0.29, 0.717) is 29.7 Å². The summed E-state index contributed by atoms with van der Waals surface area (Å²) in [6, 6.07) is 7.65. The Hall–Kier alpha value is -3.71. The number of hydrogen-bond donors (Lipinski definition) is 2. The maximum Gasteiger partial charge on any atom is 0.323 e. The number of carbonyl (C=O) groups is 1. The lowest BCUT2D eigenvalue weighted by atomic mass is 9.95. The van der Waals surface area contributed by atoms with Crippen molar-refractivity contribution in [2.24, 2.45) is 10.9 Å². The highest BCUT2D eigenvalue weighted by molar-refractivity contribution is 6.34. The van der Waals surface area contributed by atoms with E-state index >= 15 is 0 Å². The molecule has 42 heavy (non-hydrogen) atoms. The van der Waals surface area contributed by atoms with E-state index in [4.69, 9.17) is 26.8 Å². The Morgan fingerprint density at radius 1 is 1.21 bits per heavy atom. The highest BCUT2D eigenvalue weighted by Gasteiger charge is 2.25. The number of nitrogens with one attached hydrogen (secondary N) is 1. The summed E-state index contributed by atoms with van der Waals surface area (Å²) in [5.74, 6) is 6.52. The number of esters is 1. The van der Waals surface area contributed by atoms with Gasteiger partial charge < -0.3 is 25.1 Å². The standard InChI is InChI=1S/C32H39ClN6O3/c1-19-16-36-25(20(2)27(19)41-7)18-39-17-24(26-28(33)37-31(34)38-29(26)39)13-12-22-8-10-23(11-9-22)14-15-35-21(3)30(40)42-32(4,5)6/h8-11,16-17,19,21,27,35H,14-15,18H2,1-7H3,(H2,34,37,38). The average Bonchev–Trinajstić information content (AvgIpc) is 3.26. The number of benzene rings is 1. The summed E-state index contributed by atoms with van der Waals surface area (Å²) < 4.78 is 13.1. The summed E-state index contributed by atoms with van der Waals surface area (Å²) in [6.07, 6.45) is 4.57. The fourth-order valence-corrected chi connectivity index (χ4v) is 5.11. The molecule has 2 aromatic heterocycles. The van der Waals surface area contributed by atoms with Crippen LogP contribution in [0.25, 0.3) is 11.0 Å². The van der Waals surface area contributed by atoms with E-state index in [1.54, 1.807) is 7.11 Å². The Balaban J connectivity index is 1.50. The summed E-state index contributed by atoms with van der Waals surface area (Å²) >= 11 is 6.53. The first-order valence-corrected chi connectivity index (χ1v) is 14.4. The molecule has 0 bridgehead atoms. The summed E-state index contributed by atoms with van der Waals surface area (Å²) in [5.41, 5.74) is 10.7. The minimum absolute atomic E-state index is 0.0333. The van der Waals surface area contributed by atoms with Gasteiger partial charge in [-0.3, -0.25) is 9.79 Å². The van der Waals surface area contributed by atoms with Crippen LogP contribution in [0.15, 0.2) is 46.7 Å². The number of allylic oxidation sites excluding steroid dienone is 1. The number of carbonyl (C=O) groups excluding carboxylic acids is 1. The molecule has 9 nitrogen and oxygen atoms in total. The predicted octanol–water partition coefficient (Wildman–Crippen LogP) is 4.94. The number of halogens is 1. The third kappa shape index (κ3) is 7.57. The van der Waals surface area contributed by atoms with Gasteiger partial charge in [-0.25, -0.2) is 4.98 Å². The zero-order valence-electron chi connectivity index (χ0n) is 25.3. The van der Waals surface area contributed by atoms with Crippen LogP contribution in [-0.2, 0) is 27.2 Å². The van der Waals surface area contributed by atoms with Gasteiger partial charge in [0.1, 0.15) is 22.4 Å². The van der Waals surface area contributed by atoms with Crippen LogP contribution < -0.4 is 11.1 Å². The quantitative estimate of drug-likeness (QED) is 0.217. The summed E-state index contributed by atoms with van der Waals surface area (Å²) in [7, 11) is 1.71. The second-order valence-electron chi connectivity index (χ2n) is 11.6. The predicted molar refractivity (Wildman–Crippen MR) is 168 cm³/mol. The highest BCUT2D eigenvalue weighted by atomic mass is 35.5. The number of nitrogens with two attached hydrogens (primary N) is 1. The molecule has 3 heterocycles. The van der Waals surface area contributed by atoms with E-state index in [1.807, 2.05) is 75.9 Å². The zero-order valence-corrected chi connectivity index (χ0v) is 26.0. The number of nitrogens with zero attached hydrogens (tertiary/aromatic N) is 4. The van der Waals surface area contributed by atoms with Crippen LogP contribution in [0.4, 0.5) is 5.95 Å². The number of fused-ring (bicyclic) bond motifs is 1. The Labute approximate surface area is 252 Å². The van der Waals surface area contributed by atoms with Crippen molar-refractivity contribution < 1.29 is 14.3 Å². The van der Waals surface area contributed by atoms with Crippen molar-refractivity contribution in [3.63, 3.8) is 0 Å². The summed E-state index contributed by atoms with van der Waals surface area (Å²) in [6.45, 7) is 12.6. The Morgan fingerprint density at radius 2 is 1.93 bits per heavy atom. The fraction of sp³-hybridized carbons (Fsp3) is 0.438.